The zero-order valence-electron chi connectivity index (χ0n) is 15.1. The molecule has 0 aliphatic carbocycles. The van der Waals surface area contributed by atoms with E-state index in [2.05, 4.69) is 17.2 Å². The zero-order chi connectivity index (χ0) is 17.9. The van der Waals surface area contributed by atoms with Gasteiger partial charge in [0.1, 0.15) is 15.5 Å². The molecule has 1 aliphatic rings. The van der Waals surface area contributed by atoms with Crippen molar-refractivity contribution < 1.29 is 14.3 Å². The predicted molar refractivity (Wildman–Crippen MR) is 94.2 cm³/mol. The molecule has 1 aromatic heterocycles. The number of nitrogens with one attached hydrogen (secondary N) is 1. The van der Waals surface area contributed by atoms with Crippen molar-refractivity contribution in [2.75, 3.05) is 13.1 Å². The van der Waals surface area contributed by atoms with Crippen molar-refractivity contribution in [2.45, 2.75) is 59.6 Å². The summed E-state index contributed by atoms with van der Waals surface area (Å²) in [4.78, 5) is 31.3. The summed E-state index contributed by atoms with van der Waals surface area (Å²) in [7, 11) is 0. The highest BCUT2D eigenvalue weighted by Crippen LogP contribution is 2.23. The third-order valence-corrected chi connectivity index (χ3v) is 5.03. The molecule has 0 aromatic carbocycles. The second-order valence-corrected chi connectivity index (χ2v) is 8.44. The van der Waals surface area contributed by atoms with Gasteiger partial charge in [0.2, 0.25) is 0 Å². The molecule has 0 spiro atoms. The lowest BCUT2D eigenvalue weighted by molar-refractivity contribution is 0.0523. The van der Waals surface area contributed by atoms with E-state index in [-0.39, 0.29) is 12.5 Å². The number of ether oxygens (including phenoxy) is 1. The first kappa shape index (κ1) is 18.7. The Kier molecular flexibility index (Phi) is 5.85. The minimum atomic E-state index is -0.532. The van der Waals surface area contributed by atoms with E-state index in [1.54, 1.807) is 0 Å². The molecule has 1 aromatic rings. The number of carbonyl (C=O) groups excluding carboxylic acids is 2. The summed E-state index contributed by atoms with van der Waals surface area (Å²) >= 11 is 1.35. The van der Waals surface area contributed by atoms with E-state index < -0.39 is 11.7 Å². The minimum Gasteiger partial charge on any atom is -0.444 e. The van der Waals surface area contributed by atoms with Crippen LogP contribution in [0.1, 0.15) is 60.9 Å². The molecule has 6 nitrogen and oxygen atoms in total. The van der Waals surface area contributed by atoms with Gasteiger partial charge in [-0.05, 0) is 46.5 Å². The van der Waals surface area contributed by atoms with Gasteiger partial charge in [-0.1, -0.05) is 6.92 Å². The Morgan fingerprint density at radius 1 is 1.33 bits per heavy atom. The molecule has 2 heterocycles. The highest BCUT2D eigenvalue weighted by Gasteiger charge is 2.25. The lowest BCUT2D eigenvalue weighted by Gasteiger charge is -2.30. The summed E-state index contributed by atoms with van der Waals surface area (Å²) in [5, 5.41) is 3.40. The van der Waals surface area contributed by atoms with Crippen molar-refractivity contribution in [1.29, 1.82) is 0 Å². The monoisotopic (exact) mass is 353 g/mol. The van der Waals surface area contributed by atoms with Crippen molar-refractivity contribution in [3.63, 3.8) is 0 Å². The van der Waals surface area contributed by atoms with Crippen LogP contribution in [0.25, 0.3) is 0 Å². The lowest BCUT2D eigenvalue weighted by atomic mass is 9.99. The highest BCUT2D eigenvalue weighted by atomic mass is 32.1. The lowest BCUT2D eigenvalue weighted by Crippen LogP contribution is -2.37. The van der Waals surface area contributed by atoms with E-state index in [1.165, 1.54) is 11.3 Å². The van der Waals surface area contributed by atoms with Crippen LogP contribution < -0.4 is 5.32 Å². The Morgan fingerprint density at radius 3 is 2.54 bits per heavy atom. The van der Waals surface area contributed by atoms with Crippen molar-refractivity contribution in [1.82, 2.24) is 15.2 Å². The van der Waals surface area contributed by atoms with Crippen molar-refractivity contribution in [3.8, 4) is 0 Å². The number of carbonyl (C=O) groups is 2. The van der Waals surface area contributed by atoms with Crippen LogP contribution in [0.4, 0.5) is 4.79 Å². The maximum Gasteiger partial charge on any atom is 0.408 e. The van der Waals surface area contributed by atoms with Crippen molar-refractivity contribution >= 4 is 23.3 Å². The molecule has 0 unspecified atom stereocenters. The third kappa shape index (κ3) is 5.19. The predicted octanol–water partition coefficient (Wildman–Crippen LogP) is 3.35. The van der Waals surface area contributed by atoms with Crippen LogP contribution in [0.5, 0.6) is 0 Å². The third-order valence-electron chi connectivity index (χ3n) is 3.89. The average Bonchev–Trinajstić information content (AvgIpc) is 2.84. The van der Waals surface area contributed by atoms with E-state index in [0.717, 1.165) is 31.6 Å². The fourth-order valence-electron chi connectivity index (χ4n) is 2.54. The molecule has 134 valence electrons. The first-order valence-corrected chi connectivity index (χ1v) is 9.20. The van der Waals surface area contributed by atoms with Gasteiger partial charge in [0.15, 0.2) is 0 Å². The number of amides is 2. The Labute approximate surface area is 147 Å². The molecular weight excluding hydrogens is 326 g/mol. The van der Waals surface area contributed by atoms with Gasteiger partial charge < -0.3 is 15.0 Å². The highest BCUT2D eigenvalue weighted by molar-refractivity contribution is 7.13. The Morgan fingerprint density at radius 2 is 1.96 bits per heavy atom. The zero-order valence-corrected chi connectivity index (χ0v) is 16.0. The van der Waals surface area contributed by atoms with Crippen molar-refractivity contribution in [2.24, 2.45) is 5.92 Å². The Balaban J connectivity index is 1.94. The second kappa shape index (κ2) is 7.51. The molecule has 2 rings (SSSR count). The van der Waals surface area contributed by atoms with Gasteiger partial charge in [-0.25, -0.2) is 9.78 Å². The van der Waals surface area contributed by atoms with E-state index in [9.17, 15) is 9.59 Å². The van der Waals surface area contributed by atoms with Crippen LogP contribution in [0.2, 0.25) is 0 Å². The number of nitrogens with zero attached hydrogens (tertiary/aromatic N) is 2. The minimum absolute atomic E-state index is 0.0559. The van der Waals surface area contributed by atoms with Gasteiger partial charge in [0, 0.05) is 13.1 Å². The van der Waals surface area contributed by atoms with Gasteiger partial charge >= 0.3 is 6.09 Å². The Bertz CT molecular complexity index is 599. The van der Waals surface area contributed by atoms with Crippen LogP contribution in [0, 0.1) is 12.8 Å². The summed E-state index contributed by atoms with van der Waals surface area (Å²) in [6.45, 7) is 11.4. The maximum atomic E-state index is 12.7. The molecule has 0 saturated carbocycles. The molecule has 0 bridgehead atoms. The van der Waals surface area contributed by atoms with Crippen LogP contribution in [-0.2, 0) is 11.3 Å². The topological polar surface area (TPSA) is 71.5 Å². The quantitative estimate of drug-likeness (QED) is 0.904. The van der Waals surface area contributed by atoms with Gasteiger partial charge in [0.05, 0.1) is 12.2 Å². The van der Waals surface area contributed by atoms with E-state index >= 15 is 0 Å². The van der Waals surface area contributed by atoms with Crippen LogP contribution in [0.15, 0.2) is 0 Å². The van der Waals surface area contributed by atoms with Crippen LogP contribution in [0.3, 0.4) is 0 Å². The number of alkyl carbamates (subject to hydrolysis) is 1. The second-order valence-electron chi connectivity index (χ2n) is 7.35. The first-order chi connectivity index (χ1) is 11.2. The number of piperidine rings is 1. The van der Waals surface area contributed by atoms with E-state index in [4.69, 9.17) is 4.74 Å². The first-order valence-electron chi connectivity index (χ1n) is 8.38. The molecule has 7 heteroatoms. The number of hydrogen-bond acceptors (Lipinski definition) is 5. The normalized spacial score (nSPS) is 16.1. The molecule has 0 radical (unpaired) electrons. The molecule has 2 amide bonds. The summed E-state index contributed by atoms with van der Waals surface area (Å²) in [6.07, 6.45) is 1.63. The average molecular weight is 353 g/mol. The molecule has 24 heavy (non-hydrogen) atoms. The molecule has 1 N–H and O–H groups in total. The van der Waals surface area contributed by atoms with Crippen LogP contribution >= 0.6 is 11.3 Å². The number of aromatic nitrogens is 1. The van der Waals surface area contributed by atoms with E-state index in [1.807, 2.05) is 32.6 Å². The molecule has 1 saturated heterocycles. The fraction of sp³-hybridized carbons (Fsp3) is 0.706. The number of thiazole rings is 1. The van der Waals surface area contributed by atoms with Gasteiger partial charge in [0.25, 0.3) is 5.91 Å². The number of rotatable bonds is 3. The largest absolute Gasteiger partial charge is 0.444 e. The summed E-state index contributed by atoms with van der Waals surface area (Å²) in [5.74, 6) is 0.741. The molecule has 1 fully saturated rings. The van der Waals surface area contributed by atoms with Crippen molar-refractivity contribution in [3.05, 3.63) is 15.6 Å². The number of aryl methyl sites for hydroxylation is 1. The van der Waals surface area contributed by atoms with Gasteiger partial charge in [-0.15, -0.1) is 11.3 Å². The summed E-state index contributed by atoms with van der Waals surface area (Å²) in [6, 6.07) is 0. The standard InChI is InChI=1S/C17H27N3O3S/c1-11-6-8-20(9-7-11)15(21)14-12(2)19-13(24-14)10-18-16(22)23-17(3,4)5/h11H,6-10H2,1-5H3,(H,18,22). The van der Waals surface area contributed by atoms with E-state index in [0.29, 0.717) is 15.8 Å². The Hall–Kier alpha value is -1.63. The molecular formula is C17H27N3O3S. The summed E-state index contributed by atoms with van der Waals surface area (Å²) in [5.41, 5.74) is 0.194. The smallest absolute Gasteiger partial charge is 0.408 e. The fourth-order valence-corrected chi connectivity index (χ4v) is 3.52. The maximum absolute atomic E-state index is 12.7. The van der Waals surface area contributed by atoms with Crippen LogP contribution in [-0.4, -0.2) is 40.6 Å². The number of likely N-dealkylation sites (tertiary alicyclic amines) is 1. The molecule has 0 atom stereocenters. The molecule has 1 aliphatic heterocycles. The van der Waals surface area contributed by atoms with Gasteiger partial charge in [-0.2, -0.15) is 0 Å². The number of hydrogen-bond donors (Lipinski definition) is 1. The van der Waals surface area contributed by atoms with Gasteiger partial charge in [-0.3, -0.25) is 4.79 Å². The SMILES string of the molecule is Cc1nc(CNC(=O)OC(C)(C)C)sc1C(=O)N1CCC(C)CC1. The summed E-state index contributed by atoms with van der Waals surface area (Å²) < 4.78 is 5.20.